The molecule has 0 N–H and O–H groups in total. The van der Waals surface area contributed by atoms with Crippen LogP contribution in [0, 0.1) is 0 Å². The number of benzene rings is 2. The molecule has 2 aromatic rings. The van der Waals surface area contributed by atoms with Gasteiger partial charge < -0.3 is 4.74 Å². The van der Waals surface area contributed by atoms with Crippen molar-refractivity contribution in [2.75, 3.05) is 13.2 Å². The number of nitrogens with zero attached hydrogens (tertiary/aromatic N) is 1. The Morgan fingerprint density at radius 1 is 1.08 bits per heavy atom. The molecule has 2 aromatic carbocycles. The van der Waals surface area contributed by atoms with E-state index >= 15 is 0 Å². The van der Waals surface area contributed by atoms with Gasteiger partial charge in [0, 0.05) is 23.7 Å². The quantitative estimate of drug-likeness (QED) is 0.717. The van der Waals surface area contributed by atoms with Gasteiger partial charge in [0.1, 0.15) is 0 Å². The number of rotatable bonds is 4. The third-order valence-corrected chi connectivity index (χ3v) is 6.12. The van der Waals surface area contributed by atoms with Gasteiger partial charge in [-0.1, -0.05) is 36.4 Å². The van der Waals surface area contributed by atoms with Crippen molar-refractivity contribution in [2.24, 2.45) is 0 Å². The van der Waals surface area contributed by atoms with E-state index in [9.17, 15) is 13.2 Å². The molecule has 0 saturated carbocycles. The Morgan fingerprint density at radius 2 is 1.88 bits per heavy atom. The van der Waals surface area contributed by atoms with Gasteiger partial charge in [0.05, 0.1) is 12.6 Å². The summed E-state index contributed by atoms with van der Waals surface area (Å²) in [6.07, 6.45) is -5.13. The monoisotopic (exact) mass is 379 g/mol. The molecule has 6 heteroatoms. The molecule has 26 heavy (non-hydrogen) atoms. The molecule has 0 aliphatic carbocycles. The number of alkyl halides is 3. The van der Waals surface area contributed by atoms with Gasteiger partial charge in [-0.3, -0.25) is 4.90 Å². The summed E-state index contributed by atoms with van der Waals surface area (Å²) in [5.41, 5.74) is 3.65. The molecule has 0 aromatic heterocycles. The molecule has 4 rings (SSSR count). The van der Waals surface area contributed by atoms with E-state index < -0.39 is 18.3 Å². The zero-order valence-corrected chi connectivity index (χ0v) is 15.0. The predicted octanol–water partition coefficient (Wildman–Crippen LogP) is 4.67. The molecule has 1 fully saturated rings. The minimum Gasteiger partial charge on any atom is -0.365 e. The zero-order valence-electron chi connectivity index (χ0n) is 14.2. The van der Waals surface area contributed by atoms with E-state index in [1.807, 2.05) is 23.1 Å². The molecule has 0 amide bonds. The smallest absolute Gasteiger partial charge is 0.365 e. The minimum absolute atomic E-state index is 0.169. The molecule has 2 aliphatic rings. The van der Waals surface area contributed by atoms with Crippen LogP contribution in [-0.2, 0) is 23.5 Å². The molecule has 2 unspecified atom stereocenters. The van der Waals surface area contributed by atoms with E-state index in [1.54, 1.807) is 11.8 Å². The van der Waals surface area contributed by atoms with Gasteiger partial charge in [0.25, 0.3) is 0 Å². The first-order valence-electron chi connectivity index (χ1n) is 8.71. The molecule has 1 saturated heterocycles. The molecular formula is C20H20F3NOS. The van der Waals surface area contributed by atoms with Crippen LogP contribution in [0.5, 0.6) is 0 Å². The summed E-state index contributed by atoms with van der Waals surface area (Å²) in [6.45, 7) is 1.39. The standard InChI is InChI=1S/C20H20F3NOS/c21-20(22,23)19-18(12-25-19)24-9-8-15-6-7-17(10-16(15)11-24)26-13-14-4-2-1-3-5-14/h1-7,10,18-19H,8-9,11-13H2. The predicted molar refractivity (Wildman–Crippen MR) is 96.1 cm³/mol. The Hall–Kier alpha value is -1.50. The SMILES string of the molecule is FC(F)(F)C1OCC1N1CCc2ccc(SCc3ccccc3)cc2C1. The maximum absolute atomic E-state index is 13.0. The lowest BCUT2D eigenvalue weighted by atomic mass is 9.95. The summed E-state index contributed by atoms with van der Waals surface area (Å²) in [5, 5.41) is 0. The van der Waals surface area contributed by atoms with Crippen molar-refractivity contribution in [1.82, 2.24) is 4.90 Å². The summed E-state index contributed by atoms with van der Waals surface area (Å²) < 4.78 is 43.7. The number of hydrogen-bond acceptors (Lipinski definition) is 3. The van der Waals surface area contributed by atoms with Gasteiger partial charge in [-0.25, -0.2) is 0 Å². The Kier molecular flexibility index (Phi) is 4.99. The van der Waals surface area contributed by atoms with Crippen molar-refractivity contribution in [3.63, 3.8) is 0 Å². The summed E-state index contributed by atoms with van der Waals surface area (Å²) in [4.78, 5) is 3.09. The van der Waals surface area contributed by atoms with Gasteiger partial charge in [0.2, 0.25) is 0 Å². The third-order valence-electron chi connectivity index (χ3n) is 5.06. The van der Waals surface area contributed by atoms with Crippen molar-refractivity contribution >= 4 is 11.8 Å². The molecule has 0 radical (unpaired) electrons. The lowest BCUT2D eigenvalue weighted by Crippen LogP contribution is -2.62. The number of fused-ring (bicyclic) bond motifs is 1. The fourth-order valence-corrected chi connectivity index (χ4v) is 4.47. The molecule has 0 spiro atoms. The summed E-state index contributed by atoms with van der Waals surface area (Å²) in [5.74, 6) is 0.885. The number of hydrogen-bond donors (Lipinski definition) is 0. The van der Waals surface area contributed by atoms with E-state index in [1.165, 1.54) is 11.1 Å². The Balaban J connectivity index is 1.43. The van der Waals surface area contributed by atoms with Crippen LogP contribution in [0.4, 0.5) is 13.2 Å². The largest absolute Gasteiger partial charge is 0.416 e. The third kappa shape index (κ3) is 3.77. The van der Waals surface area contributed by atoms with Crippen LogP contribution in [0.2, 0.25) is 0 Å². The van der Waals surface area contributed by atoms with Crippen LogP contribution in [0.1, 0.15) is 16.7 Å². The van der Waals surface area contributed by atoms with E-state index in [4.69, 9.17) is 4.74 Å². The highest BCUT2D eigenvalue weighted by Gasteiger charge is 2.53. The average Bonchev–Trinajstić information content (AvgIpc) is 2.58. The summed E-state index contributed by atoms with van der Waals surface area (Å²) >= 11 is 1.76. The summed E-state index contributed by atoms with van der Waals surface area (Å²) in [6, 6.07) is 16.1. The second-order valence-electron chi connectivity index (χ2n) is 6.79. The molecule has 2 nitrogen and oxygen atoms in total. The maximum Gasteiger partial charge on any atom is 0.416 e. The maximum atomic E-state index is 13.0. The number of ether oxygens (including phenoxy) is 1. The molecule has 2 heterocycles. The normalized spacial score (nSPS) is 23.3. The first-order valence-corrected chi connectivity index (χ1v) is 9.70. The van der Waals surface area contributed by atoms with Gasteiger partial charge in [-0.15, -0.1) is 11.8 Å². The van der Waals surface area contributed by atoms with Crippen LogP contribution in [0.3, 0.4) is 0 Å². The van der Waals surface area contributed by atoms with Gasteiger partial charge >= 0.3 is 6.18 Å². The van der Waals surface area contributed by atoms with Crippen LogP contribution in [-0.4, -0.2) is 36.4 Å². The van der Waals surface area contributed by atoms with Crippen molar-refractivity contribution in [1.29, 1.82) is 0 Å². The van der Waals surface area contributed by atoms with E-state index in [-0.39, 0.29) is 6.61 Å². The molecule has 0 bridgehead atoms. The highest BCUT2D eigenvalue weighted by atomic mass is 32.2. The van der Waals surface area contributed by atoms with Crippen LogP contribution in [0.25, 0.3) is 0 Å². The molecule has 2 atom stereocenters. The van der Waals surface area contributed by atoms with Gasteiger partial charge in [-0.2, -0.15) is 13.2 Å². The fraction of sp³-hybridized carbons (Fsp3) is 0.400. The molecule has 138 valence electrons. The van der Waals surface area contributed by atoms with Crippen molar-refractivity contribution in [2.45, 2.75) is 41.9 Å². The number of thioether (sulfide) groups is 1. The fourth-order valence-electron chi connectivity index (χ4n) is 3.56. The van der Waals surface area contributed by atoms with Crippen molar-refractivity contribution < 1.29 is 17.9 Å². The first kappa shape index (κ1) is 17.9. The Labute approximate surface area is 155 Å². The highest BCUT2D eigenvalue weighted by Crippen LogP contribution is 2.36. The lowest BCUT2D eigenvalue weighted by Gasteiger charge is -2.46. The number of halogens is 3. The molecular weight excluding hydrogens is 359 g/mol. The Morgan fingerprint density at radius 3 is 2.58 bits per heavy atom. The Bertz CT molecular complexity index is 765. The second-order valence-corrected chi connectivity index (χ2v) is 7.84. The minimum atomic E-state index is -4.28. The van der Waals surface area contributed by atoms with Gasteiger partial charge in [-0.05, 0) is 35.2 Å². The van der Waals surface area contributed by atoms with Crippen LogP contribution < -0.4 is 0 Å². The average molecular weight is 379 g/mol. The van der Waals surface area contributed by atoms with Crippen molar-refractivity contribution in [3.8, 4) is 0 Å². The van der Waals surface area contributed by atoms with E-state index in [2.05, 4.69) is 30.3 Å². The van der Waals surface area contributed by atoms with Crippen molar-refractivity contribution in [3.05, 3.63) is 65.2 Å². The molecule has 2 aliphatic heterocycles. The van der Waals surface area contributed by atoms with Crippen LogP contribution >= 0.6 is 11.8 Å². The van der Waals surface area contributed by atoms with E-state index in [0.29, 0.717) is 13.1 Å². The lowest BCUT2D eigenvalue weighted by molar-refractivity contribution is -0.291. The highest BCUT2D eigenvalue weighted by molar-refractivity contribution is 7.98. The van der Waals surface area contributed by atoms with E-state index in [0.717, 1.165) is 22.6 Å². The topological polar surface area (TPSA) is 12.5 Å². The zero-order chi connectivity index (χ0) is 18.1. The second kappa shape index (κ2) is 7.25. The van der Waals surface area contributed by atoms with Crippen LogP contribution in [0.15, 0.2) is 53.4 Å². The van der Waals surface area contributed by atoms with Gasteiger partial charge in [0.15, 0.2) is 6.10 Å². The first-order chi connectivity index (χ1) is 12.5. The summed E-state index contributed by atoms with van der Waals surface area (Å²) in [7, 11) is 0.